The van der Waals surface area contributed by atoms with Crippen molar-refractivity contribution in [3.63, 3.8) is 0 Å². The Morgan fingerprint density at radius 3 is 2.57 bits per heavy atom. The van der Waals surface area contributed by atoms with Crippen LogP contribution in [0.4, 0.5) is 0 Å². The maximum atomic E-state index is 12.9. The molecule has 160 valence electrons. The highest BCUT2D eigenvalue weighted by molar-refractivity contribution is 7.93. The van der Waals surface area contributed by atoms with Gasteiger partial charge in [0.15, 0.2) is 21.8 Å². The Bertz CT molecular complexity index is 1020. The Hall–Kier alpha value is -3.14. The Morgan fingerprint density at radius 1 is 1.27 bits per heavy atom. The fraction of sp³-hybridized carbons (Fsp3) is 0.350. The van der Waals surface area contributed by atoms with Gasteiger partial charge in [-0.3, -0.25) is 14.5 Å². The lowest BCUT2D eigenvalue weighted by Crippen LogP contribution is -2.75. The van der Waals surface area contributed by atoms with E-state index in [0.29, 0.717) is 5.75 Å². The van der Waals surface area contributed by atoms with Crippen molar-refractivity contribution < 1.29 is 32.3 Å². The number of amides is 2. The number of β-lactam (4-membered cyclic amide) rings is 1. The maximum Gasteiger partial charge on any atom is 0.355 e. The number of carbonyl (C=O) groups excluding carboxylic acids is 3. The molecule has 1 unspecified atom stereocenters. The molecule has 0 aliphatic carbocycles. The molecular weight excluding hydrogens is 412 g/mol. The summed E-state index contributed by atoms with van der Waals surface area (Å²) in [5, 5.41) is 0.00940. The number of nitrogens with one attached hydrogen (secondary N) is 1. The van der Waals surface area contributed by atoms with Crippen molar-refractivity contribution in [2.24, 2.45) is 0 Å². The number of sulfone groups is 1. The number of hydrogen-bond donors (Lipinski definition) is 1. The van der Waals surface area contributed by atoms with Crippen LogP contribution in [0.25, 0.3) is 0 Å². The normalized spacial score (nSPS) is 24.4. The highest BCUT2D eigenvalue weighted by atomic mass is 32.2. The summed E-state index contributed by atoms with van der Waals surface area (Å²) in [6.07, 6.45) is 1.36. The summed E-state index contributed by atoms with van der Waals surface area (Å²) < 4.78 is 36.1. The van der Waals surface area contributed by atoms with Gasteiger partial charge in [-0.25, -0.2) is 13.2 Å². The van der Waals surface area contributed by atoms with Gasteiger partial charge in [0.05, 0.1) is 5.25 Å². The molecule has 0 saturated carbocycles. The number of nitrogens with zero attached hydrogens (tertiary/aromatic N) is 1. The predicted octanol–water partition coefficient (Wildman–Crippen LogP) is 0.539. The molecule has 0 spiro atoms. The minimum absolute atomic E-state index is 0.0829. The summed E-state index contributed by atoms with van der Waals surface area (Å²) in [4.78, 5) is 38.2. The smallest absolute Gasteiger partial charge is 0.355 e. The maximum absolute atomic E-state index is 12.9. The molecule has 9 nitrogen and oxygen atoms in total. The number of benzene rings is 1. The molecule has 0 radical (unpaired) electrons. The van der Waals surface area contributed by atoms with Gasteiger partial charge in [0.25, 0.3) is 11.8 Å². The SMILES string of the molecule is C=CCOC(=O)C1=C(C)C(C)S(=O)(=O)[C@@H]2[C@H](NC(=O)COc3ccccc3)C(=O)N12. The molecule has 2 aliphatic heterocycles. The van der Waals surface area contributed by atoms with E-state index in [-0.39, 0.29) is 24.5 Å². The van der Waals surface area contributed by atoms with Crippen molar-refractivity contribution in [2.45, 2.75) is 30.5 Å². The molecule has 3 rings (SSSR count). The first-order chi connectivity index (χ1) is 14.2. The van der Waals surface area contributed by atoms with E-state index in [0.717, 1.165) is 4.90 Å². The first-order valence-corrected chi connectivity index (χ1v) is 10.8. The van der Waals surface area contributed by atoms with Crippen molar-refractivity contribution >= 4 is 27.6 Å². The first-order valence-electron chi connectivity index (χ1n) is 9.22. The van der Waals surface area contributed by atoms with E-state index in [1.807, 2.05) is 0 Å². The van der Waals surface area contributed by atoms with E-state index in [1.54, 1.807) is 30.3 Å². The van der Waals surface area contributed by atoms with Crippen LogP contribution >= 0.6 is 0 Å². The van der Waals surface area contributed by atoms with Crippen molar-refractivity contribution in [3.05, 3.63) is 54.3 Å². The van der Waals surface area contributed by atoms with Crippen LogP contribution in [0.2, 0.25) is 0 Å². The zero-order chi connectivity index (χ0) is 22.1. The number of rotatable bonds is 7. The van der Waals surface area contributed by atoms with Crippen LogP contribution in [-0.4, -0.2) is 61.0 Å². The molecule has 1 aromatic carbocycles. The topological polar surface area (TPSA) is 119 Å². The summed E-state index contributed by atoms with van der Waals surface area (Å²) in [7, 11) is -3.87. The van der Waals surface area contributed by atoms with Crippen molar-refractivity contribution in [3.8, 4) is 5.75 Å². The second-order valence-electron chi connectivity index (χ2n) is 6.90. The zero-order valence-electron chi connectivity index (χ0n) is 16.5. The van der Waals surface area contributed by atoms with Gasteiger partial charge < -0.3 is 14.8 Å². The van der Waals surface area contributed by atoms with E-state index in [2.05, 4.69) is 11.9 Å². The van der Waals surface area contributed by atoms with Gasteiger partial charge in [-0.05, 0) is 31.6 Å². The molecule has 1 fully saturated rings. The second-order valence-corrected chi connectivity index (χ2v) is 9.26. The van der Waals surface area contributed by atoms with Crippen LogP contribution < -0.4 is 10.1 Å². The Labute approximate surface area is 174 Å². The number of ether oxygens (including phenoxy) is 2. The standard InChI is InChI=1S/C20H22N2O7S/c1-4-10-28-20(25)17-12(2)13(3)30(26,27)19-16(18(24)22(17)19)21-15(23)11-29-14-8-6-5-7-9-14/h4-9,13,16,19H,1,10-11H2,2-3H3,(H,21,23)/t13?,16-,19-/m1/s1. The van der Waals surface area contributed by atoms with Crippen LogP contribution in [-0.2, 0) is 29.0 Å². The molecule has 1 N–H and O–H groups in total. The van der Waals surface area contributed by atoms with Crippen molar-refractivity contribution in [1.82, 2.24) is 10.2 Å². The van der Waals surface area contributed by atoms with E-state index >= 15 is 0 Å². The van der Waals surface area contributed by atoms with E-state index in [9.17, 15) is 22.8 Å². The number of para-hydroxylation sites is 1. The Morgan fingerprint density at radius 2 is 1.93 bits per heavy atom. The summed E-state index contributed by atoms with van der Waals surface area (Å²) in [5.74, 6) is -1.71. The van der Waals surface area contributed by atoms with Crippen LogP contribution in [0.15, 0.2) is 54.3 Å². The molecule has 10 heteroatoms. The summed E-state index contributed by atoms with van der Waals surface area (Å²) in [5.41, 5.74) is 0.103. The molecule has 30 heavy (non-hydrogen) atoms. The van der Waals surface area contributed by atoms with Gasteiger partial charge >= 0.3 is 5.97 Å². The van der Waals surface area contributed by atoms with Gasteiger partial charge in [-0.15, -0.1) is 0 Å². The fourth-order valence-corrected chi connectivity index (χ4v) is 5.44. The summed E-state index contributed by atoms with van der Waals surface area (Å²) in [6.45, 7) is 5.88. The van der Waals surface area contributed by atoms with Crippen molar-refractivity contribution in [1.29, 1.82) is 0 Å². The molecular formula is C20H22N2O7S. The van der Waals surface area contributed by atoms with Gasteiger partial charge in [-0.1, -0.05) is 30.9 Å². The molecule has 2 amide bonds. The minimum atomic E-state index is -3.87. The van der Waals surface area contributed by atoms with E-state index in [1.165, 1.54) is 19.9 Å². The second kappa shape index (κ2) is 8.31. The fourth-order valence-electron chi connectivity index (χ4n) is 3.35. The van der Waals surface area contributed by atoms with Gasteiger partial charge in [0.2, 0.25) is 0 Å². The highest BCUT2D eigenvalue weighted by Crippen LogP contribution is 2.40. The quantitative estimate of drug-likeness (QED) is 0.378. The van der Waals surface area contributed by atoms with Crippen LogP contribution in [0, 0.1) is 0 Å². The molecule has 0 aromatic heterocycles. The lowest BCUT2D eigenvalue weighted by atomic mass is 10.0. The summed E-state index contributed by atoms with van der Waals surface area (Å²) in [6, 6.07) is 7.27. The molecule has 2 heterocycles. The Kier molecular flexibility index (Phi) is 5.97. The minimum Gasteiger partial charge on any atom is -0.484 e. The molecule has 2 aliphatic rings. The van der Waals surface area contributed by atoms with E-state index in [4.69, 9.17) is 9.47 Å². The number of esters is 1. The largest absolute Gasteiger partial charge is 0.484 e. The van der Waals surface area contributed by atoms with Gasteiger partial charge in [0.1, 0.15) is 24.1 Å². The lowest BCUT2D eigenvalue weighted by Gasteiger charge is -2.50. The molecule has 0 bridgehead atoms. The van der Waals surface area contributed by atoms with Gasteiger partial charge in [-0.2, -0.15) is 0 Å². The zero-order valence-corrected chi connectivity index (χ0v) is 17.3. The average molecular weight is 434 g/mol. The number of carbonyl (C=O) groups is 3. The Balaban J connectivity index is 1.77. The van der Waals surface area contributed by atoms with E-state index < -0.39 is 44.3 Å². The van der Waals surface area contributed by atoms with Crippen molar-refractivity contribution in [2.75, 3.05) is 13.2 Å². The molecule has 1 aromatic rings. The third kappa shape index (κ3) is 3.70. The number of hydrogen-bond acceptors (Lipinski definition) is 7. The number of fused-ring (bicyclic) bond motifs is 1. The highest BCUT2D eigenvalue weighted by Gasteiger charge is 2.62. The monoisotopic (exact) mass is 434 g/mol. The van der Waals surface area contributed by atoms with Crippen LogP contribution in [0.1, 0.15) is 13.8 Å². The third-order valence-corrected chi connectivity index (χ3v) is 7.55. The first kappa shape index (κ1) is 21.6. The van der Waals surface area contributed by atoms with Crippen LogP contribution in [0.3, 0.4) is 0 Å². The lowest BCUT2D eigenvalue weighted by molar-refractivity contribution is -0.153. The van der Waals surface area contributed by atoms with Gasteiger partial charge in [0, 0.05) is 0 Å². The van der Waals surface area contributed by atoms with Crippen LogP contribution in [0.5, 0.6) is 5.75 Å². The summed E-state index contributed by atoms with van der Waals surface area (Å²) >= 11 is 0. The average Bonchev–Trinajstić information content (AvgIpc) is 2.73. The predicted molar refractivity (Wildman–Crippen MR) is 107 cm³/mol. The molecule has 1 saturated heterocycles. The third-order valence-electron chi connectivity index (χ3n) is 5.05. The molecule has 3 atom stereocenters.